The van der Waals surface area contributed by atoms with E-state index in [1.165, 1.54) is 4.79 Å². The molecule has 0 amide bonds. The minimum Gasteiger partial charge on any atom is -0.493 e. The van der Waals surface area contributed by atoms with Gasteiger partial charge in [0.05, 0.1) is 20.3 Å². The van der Waals surface area contributed by atoms with Crippen molar-refractivity contribution in [2.75, 3.05) is 24.9 Å². The van der Waals surface area contributed by atoms with Crippen LogP contribution in [0.3, 0.4) is 0 Å². The molecule has 0 atom stereocenters. The number of para-hydroxylation sites is 1. The molecular weight excluding hydrogens is 248 g/mol. The Morgan fingerprint density at radius 3 is 2.89 bits per heavy atom. The summed E-state index contributed by atoms with van der Waals surface area (Å²) in [5, 5.41) is 10.7. The van der Waals surface area contributed by atoms with E-state index in [-0.39, 0.29) is 5.95 Å². The fourth-order valence-electron chi connectivity index (χ4n) is 1.64. The molecule has 0 aliphatic heterocycles. The van der Waals surface area contributed by atoms with E-state index in [9.17, 15) is 0 Å². The van der Waals surface area contributed by atoms with Gasteiger partial charge in [-0.25, -0.2) is 0 Å². The second kappa shape index (κ2) is 5.89. The number of nitrogens with zero attached hydrogens (tertiary/aromatic N) is 4. The molecule has 0 spiro atoms. The predicted molar refractivity (Wildman–Crippen MR) is 69.5 cm³/mol. The molecule has 1 aromatic heterocycles. The molecule has 0 aliphatic rings. The molecule has 0 unspecified atom stereocenters. The minimum absolute atomic E-state index is 0.195. The summed E-state index contributed by atoms with van der Waals surface area (Å²) in [4.78, 5) is 1.30. The van der Waals surface area contributed by atoms with E-state index >= 15 is 0 Å². The number of ether oxygens (including phenoxy) is 2. The van der Waals surface area contributed by atoms with Gasteiger partial charge in [0.15, 0.2) is 11.5 Å². The van der Waals surface area contributed by atoms with Crippen molar-refractivity contribution >= 4 is 5.95 Å². The maximum absolute atomic E-state index is 5.60. The van der Waals surface area contributed by atoms with Crippen molar-refractivity contribution < 1.29 is 9.47 Å². The Kier molecular flexibility index (Phi) is 4.01. The van der Waals surface area contributed by atoms with Crippen molar-refractivity contribution in [3.8, 4) is 11.5 Å². The number of methoxy groups -OCH3 is 1. The summed E-state index contributed by atoms with van der Waals surface area (Å²) in [6.07, 6.45) is 0. The standard InChI is InChI=1S/C11H16N6O2/c1-3-19-10-8(5-4-6-9(10)18-2)7-13-17-11(12)14-15-16-17/h4-6,13H,3,7H2,1-2H3,(H2,12,14,16). The molecule has 0 fully saturated rings. The van der Waals surface area contributed by atoms with E-state index in [2.05, 4.69) is 21.0 Å². The van der Waals surface area contributed by atoms with Gasteiger partial charge in [0, 0.05) is 5.56 Å². The minimum atomic E-state index is 0.195. The highest BCUT2D eigenvalue weighted by Crippen LogP contribution is 2.31. The van der Waals surface area contributed by atoms with Crippen LogP contribution in [-0.4, -0.2) is 34.0 Å². The number of nitrogens with two attached hydrogens (primary N) is 1. The van der Waals surface area contributed by atoms with E-state index in [1.54, 1.807) is 7.11 Å². The van der Waals surface area contributed by atoms with Crippen LogP contribution < -0.4 is 20.6 Å². The zero-order chi connectivity index (χ0) is 13.7. The van der Waals surface area contributed by atoms with Gasteiger partial charge in [-0.1, -0.05) is 17.2 Å². The van der Waals surface area contributed by atoms with Crippen molar-refractivity contribution in [1.82, 2.24) is 20.3 Å². The monoisotopic (exact) mass is 264 g/mol. The summed E-state index contributed by atoms with van der Waals surface area (Å²) in [7, 11) is 1.61. The third-order valence-corrected chi connectivity index (χ3v) is 2.48. The summed E-state index contributed by atoms with van der Waals surface area (Å²) >= 11 is 0. The number of anilines is 1. The molecule has 19 heavy (non-hydrogen) atoms. The van der Waals surface area contributed by atoms with E-state index in [1.807, 2.05) is 25.1 Å². The van der Waals surface area contributed by atoms with Gasteiger partial charge in [-0.3, -0.25) is 0 Å². The van der Waals surface area contributed by atoms with Crippen LogP contribution in [-0.2, 0) is 6.54 Å². The average Bonchev–Trinajstić information content (AvgIpc) is 2.83. The molecule has 2 aromatic rings. The number of hydrogen-bond acceptors (Lipinski definition) is 7. The van der Waals surface area contributed by atoms with Gasteiger partial charge in [-0.15, -0.1) is 4.79 Å². The van der Waals surface area contributed by atoms with Crippen LogP contribution >= 0.6 is 0 Å². The third kappa shape index (κ3) is 2.84. The first kappa shape index (κ1) is 12.9. The quantitative estimate of drug-likeness (QED) is 0.779. The molecule has 102 valence electrons. The number of nitrogen functional groups attached to an aromatic ring is 1. The number of tetrazole rings is 1. The van der Waals surface area contributed by atoms with Crippen molar-refractivity contribution in [3.05, 3.63) is 23.8 Å². The molecule has 3 N–H and O–H groups in total. The molecular formula is C11H16N6O2. The highest BCUT2D eigenvalue weighted by atomic mass is 16.5. The Morgan fingerprint density at radius 1 is 1.42 bits per heavy atom. The molecule has 1 heterocycles. The second-order valence-corrected chi connectivity index (χ2v) is 3.67. The zero-order valence-electron chi connectivity index (χ0n) is 10.8. The van der Waals surface area contributed by atoms with E-state index in [0.717, 1.165) is 5.56 Å². The van der Waals surface area contributed by atoms with Gasteiger partial charge in [-0.05, 0) is 23.4 Å². The van der Waals surface area contributed by atoms with Gasteiger partial charge in [-0.2, -0.15) is 0 Å². The summed E-state index contributed by atoms with van der Waals surface area (Å²) in [6, 6.07) is 5.67. The SMILES string of the molecule is CCOc1c(CNn2nnnc2N)cccc1OC. The number of aromatic nitrogens is 4. The Balaban J connectivity index is 2.17. The Labute approximate surface area is 110 Å². The fourth-order valence-corrected chi connectivity index (χ4v) is 1.64. The predicted octanol–water partition coefficient (Wildman–Crippen LogP) is 0.406. The lowest BCUT2D eigenvalue weighted by Gasteiger charge is -2.14. The van der Waals surface area contributed by atoms with Crippen LogP contribution in [0.15, 0.2) is 18.2 Å². The Bertz CT molecular complexity index is 542. The second-order valence-electron chi connectivity index (χ2n) is 3.67. The molecule has 0 aliphatic carbocycles. The number of nitrogens with one attached hydrogen (secondary N) is 1. The van der Waals surface area contributed by atoms with E-state index < -0.39 is 0 Å². The lowest BCUT2D eigenvalue weighted by Crippen LogP contribution is -2.19. The first-order valence-electron chi connectivity index (χ1n) is 5.82. The molecule has 8 nitrogen and oxygen atoms in total. The van der Waals surface area contributed by atoms with Gasteiger partial charge in [0.2, 0.25) is 0 Å². The summed E-state index contributed by atoms with van der Waals surface area (Å²) < 4.78 is 10.9. The van der Waals surface area contributed by atoms with Crippen LogP contribution in [0.4, 0.5) is 5.95 Å². The summed E-state index contributed by atoms with van der Waals surface area (Å²) in [5.41, 5.74) is 9.47. The normalized spacial score (nSPS) is 10.2. The lowest BCUT2D eigenvalue weighted by atomic mass is 10.2. The third-order valence-electron chi connectivity index (χ3n) is 2.48. The largest absolute Gasteiger partial charge is 0.493 e. The molecule has 0 radical (unpaired) electrons. The summed E-state index contributed by atoms with van der Waals surface area (Å²) in [5.74, 6) is 1.58. The first-order chi connectivity index (χ1) is 9.26. The number of rotatable bonds is 6. The van der Waals surface area contributed by atoms with Crippen LogP contribution in [0.1, 0.15) is 12.5 Å². The van der Waals surface area contributed by atoms with Crippen molar-refractivity contribution in [1.29, 1.82) is 0 Å². The van der Waals surface area contributed by atoms with Crippen molar-refractivity contribution in [2.45, 2.75) is 13.5 Å². The molecule has 1 aromatic carbocycles. The Morgan fingerprint density at radius 2 is 2.26 bits per heavy atom. The maximum Gasteiger partial charge on any atom is 0.260 e. The van der Waals surface area contributed by atoms with Gasteiger partial charge in [0.25, 0.3) is 5.95 Å². The molecule has 0 bridgehead atoms. The average molecular weight is 264 g/mol. The smallest absolute Gasteiger partial charge is 0.260 e. The highest BCUT2D eigenvalue weighted by molar-refractivity contribution is 5.47. The summed E-state index contributed by atoms with van der Waals surface area (Å²) in [6.45, 7) is 2.94. The molecule has 8 heteroatoms. The van der Waals surface area contributed by atoms with Crippen molar-refractivity contribution in [3.63, 3.8) is 0 Å². The van der Waals surface area contributed by atoms with Crippen LogP contribution in [0, 0.1) is 0 Å². The molecule has 0 saturated carbocycles. The number of benzene rings is 1. The van der Waals surface area contributed by atoms with Crippen LogP contribution in [0.2, 0.25) is 0 Å². The van der Waals surface area contributed by atoms with Gasteiger partial charge >= 0.3 is 0 Å². The van der Waals surface area contributed by atoms with E-state index in [0.29, 0.717) is 24.7 Å². The van der Waals surface area contributed by atoms with Gasteiger partial charge < -0.3 is 20.6 Å². The fraction of sp³-hybridized carbons (Fsp3) is 0.364. The van der Waals surface area contributed by atoms with Crippen molar-refractivity contribution in [2.24, 2.45) is 0 Å². The first-order valence-corrected chi connectivity index (χ1v) is 5.82. The van der Waals surface area contributed by atoms with Gasteiger partial charge in [0.1, 0.15) is 0 Å². The van der Waals surface area contributed by atoms with Crippen LogP contribution in [0.5, 0.6) is 11.5 Å². The lowest BCUT2D eigenvalue weighted by molar-refractivity contribution is 0.307. The topological polar surface area (TPSA) is 100 Å². The highest BCUT2D eigenvalue weighted by Gasteiger charge is 2.10. The zero-order valence-corrected chi connectivity index (χ0v) is 10.8. The maximum atomic E-state index is 5.60. The van der Waals surface area contributed by atoms with E-state index in [4.69, 9.17) is 15.2 Å². The van der Waals surface area contributed by atoms with Crippen LogP contribution in [0.25, 0.3) is 0 Å². The Hall–Kier alpha value is -2.51. The molecule has 2 rings (SSSR count). The number of hydrogen-bond donors (Lipinski definition) is 2. The molecule has 0 saturated heterocycles.